The van der Waals surface area contributed by atoms with Crippen LogP contribution in [0.25, 0.3) is 0 Å². The van der Waals surface area contributed by atoms with Crippen LogP contribution in [0, 0.1) is 12.7 Å². The molecule has 0 spiro atoms. The fourth-order valence-electron chi connectivity index (χ4n) is 3.01. The summed E-state index contributed by atoms with van der Waals surface area (Å²) in [5.41, 5.74) is 1.50. The zero-order valence-corrected chi connectivity index (χ0v) is 17.1. The fraction of sp³-hybridized carbons (Fsp3) is 0.611. The highest BCUT2D eigenvalue weighted by atomic mass is 32.2. The Morgan fingerprint density at radius 2 is 1.96 bits per heavy atom. The number of nitrogens with one attached hydrogen (secondary N) is 2. The van der Waals surface area contributed by atoms with Crippen molar-refractivity contribution in [2.75, 3.05) is 32.4 Å². The van der Waals surface area contributed by atoms with Crippen molar-refractivity contribution in [1.29, 1.82) is 0 Å². The van der Waals surface area contributed by atoms with Crippen molar-refractivity contribution >= 4 is 16.0 Å². The molecule has 0 amide bonds. The second kappa shape index (κ2) is 9.48. The van der Waals surface area contributed by atoms with Gasteiger partial charge in [0.25, 0.3) is 0 Å². The van der Waals surface area contributed by atoms with Gasteiger partial charge in [0, 0.05) is 33.2 Å². The molecular weight excluding hydrogens is 371 g/mol. The van der Waals surface area contributed by atoms with Crippen molar-refractivity contribution < 1.29 is 17.5 Å². The first-order chi connectivity index (χ1) is 12.7. The smallest absolute Gasteiger partial charge is 0.216 e. The lowest BCUT2D eigenvalue weighted by Gasteiger charge is -2.34. The Hall–Kier alpha value is -1.71. The van der Waals surface area contributed by atoms with Gasteiger partial charge in [-0.25, -0.2) is 12.8 Å². The zero-order valence-electron chi connectivity index (χ0n) is 16.3. The largest absolute Gasteiger partial charge is 0.373 e. The number of aliphatic imine (C=N–C) groups is 1. The van der Waals surface area contributed by atoms with E-state index >= 15 is 0 Å². The molecule has 0 aliphatic carbocycles. The normalized spacial score (nSPS) is 21.9. The summed E-state index contributed by atoms with van der Waals surface area (Å²) >= 11 is 0. The lowest BCUT2D eigenvalue weighted by atomic mass is 10.1. The maximum atomic E-state index is 13.3. The van der Waals surface area contributed by atoms with Crippen LogP contribution in [0.5, 0.6) is 0 Å². The summed E-state index contributed by atoms with van der Waals surface area (Å²) in [6, 6.07) is 4.90. The Morgan fingerprint density at radius 1 is 1.30 bits per heavy atom. The van der Waals surface area contributed by atoms with Crippen molar-refractivity contribution in [1.82, 2.24) is 14.9 Å². The monoisotopic (exact) mass is 400 g/mol. The van der Waals surface area contributed by atoms with Gasteiger partial charge in [-0.05, 0) is 38.0 Å². The van der Waals surface area contributed by atoms with E-state index in [1.54, 1.807) is 26.1 Å². The van der Waals surface area contributed by atoms with Crippen LogP contribution >= 0.6 is 0 Å². The number of aryl methyl sites for hydroxylation is 1. The second-order valence-electron chi connectivity index (χ2n) is 6.83. The van der Waals surface area contributed by atoms with Gasteiger partial charge in [-0.2, -0.15) is 4.31 Å². The van der Waals surface area contributed by atoms with Crippen LogP contribution in [0.2, 0.25) is 0 Å². The van der Waals surface area contributed by atoms with Gasteiger partial charge in [0.15, 0.2) is 5.96 Å². The minimum Gasteiger partial charge on any atom is -0.373 e. The average molecular weight is 401 g/mol. The van der Waals surface area contributed by atoms with E-state index in [1.165, 1.54) is 10.4 Å². The van der Waals surface area contributed by atoms with E-state index < -0.39 is 10.0 Å². The van der Waals surface area contributed by atoms with Crippen LogP contribution in [0.1, 0.15) is 25.0 Å². The number of guanidine groups is 1. The van der Waals surface area contributed by atoms with Crippen LogP contribution in [0.3, 0.4) is 0 Å². The first kappa shape index (κ1) is 21.6. The molecule has 27 heavy (non-hydrogen) atoms. The average Bonchev–Trinajstić information content (AvgIpc) is 2.60. The fourth-order valence-corrected chi connectivity index (χ4v) is 4.50. The first-order valence-electron chi connectivity index (χ1n) is 9.04. The number of ether oxygens (including phenoxy) is 1. The molecule has 0 bridgehead atoms. The Kier molecular flexibility index (Phi) is 7.58. The van der Waals surface area contributed by atoms with E-state index in [9.17, 15) is 12.8 Å². The molecule has 1 saturated heterocycles. The highest BCUT2D eigenvalue weighted by Gasteiger charge is 2.30. The standard InChI is InChI=1S/C18H29FN4O3S/c1-13-9-16(5-6-17(13)19)10-22-18(20-4)21-7-8-27(24,25)23-11-14(2)26-15(3)12-23/h5-6,9,14-15H,7-8,10-12H2,1-4H3,(H2,20,21,22). The molecule has 7 nitrogen and oxygen atoms in total. The number of sulfonamides is 1. The van der Waals surface area contributed by atoms with E-state index in [-0.39, 0.29) is 30.3 Å². The van der Waals surface area contributed by atoms with Gasteiger partial charge < -0.3 is 15.4 Å². The molecule has 2 unspecified atom stereocenters. The second-order valence-corrected chi connectivity index (χ2v) is 8.91. The minimum atomic E-state index is -3.36. The summed E-state index contributed by atoms with van der Waals surface area (Å²) in [5.74, 6) is 0.233. The molecule has 0 aromatic heterocycles. The summed E-state index contributed by atoms with van der Waals surface area (Å²) in [6.45, 7) is 6.92. The zero-order chi connectivity index (χ0) is 20.0. The predicted molar refractivity (Wildman–Crippen MR) is 105 cm³/mol. The number of nitrogens with zero attached hydrogens (tertiary/aromatic N) is 2. The third-order valence-electron chi connectivity index (χ3n) is 4.34. The molecule has 1 heterocycles. The van der Waals surface area contributed by atoms with Gasteiger partial charge in [-0.15, -0.1) is 0 Å². The van der Waals surface area contributed by atoms with Gasteiger partial charge in [0.1, 0.15) is 5.82 Å². The number of morpholine rings is 1. The SMILES string of the molecule is CN=C(NCCS(=O)(=O)N1CC(C)OC(C)C1)NCc1ccc(F)c(C)c1. The molecule has 1 aromatic carbocycles. The molecule has 1 aliphatic rings. The van der Waals surface area contributed by atoms with E-state index in [2.05, 4.69) is 15.6 Å². The first-order valence-corrected chi connectivity index (χ1v) is 10.6. The Bertz CT molecular complexity index is 760. The summed E-state index contributed by atoms with van der Waals surface area (Å²) in [7, 11) is -1.75. The lowest BCUT2D eigenvalue weighted by molar-refractivity contribution is -0.0440. The van der Waals surface area contributed by atoms with Gasteiger partial charge in [-0.1, -0.05) is 12.1 Å². The molecule has 9 heteroatoms. The van der Waals surface area contributed by atoms with Crippen LogP contribution < -0.4 is 10.6 Å². The number of hydrogen-bond acceptors (Lipinski definition) is 4. The van der Waals surface area contributed by atoms with Gasteiger partial charge >= 0.3 is 0 Å². The topological polar surface area (TPSA) is 83.0 Å². The summed E-state index contributed by atoms with van der Waals surface area (Å²) in [4.78, 5) is 4.09. The number of benzene rings is 1. The molecule has 2 N–H and O–H groups in total. The number of halogens is 1. The van der Waals surface area contributed by atoms with Crippen LogP contribution in [0.4, 0.5) is 4.39 Å². The molecule has 1 fully saturated rings. The molecular formula is C18H29FN4O3S. The van der Waals surface area contributed by atoms with E-state index in [4.69, 9.17) is 4.74 Å². The molecule has 0 saturated carbocycles. The summed E-state index contributed by atoms with van der Waals surface area (Å²) in [6.07, 6.45) is -0.213. The lowest BCUT2D eigenvalue weighted by Crippen LogP contribution is -2.50. The quantitative estimate of drug-likeness (QED) is 0.555. The number of hydrogen-bond donors (Lipinski definition) is 2. The molecule has 152 valence electrons. The van der Waals surface area contributed by atoms with Gasteiger partial charge in [-0.3, -0.25) is 4.99 Å². The molecule has 2 atom stereocenters. The maximum absolute atomic E-state index is 13.3. The van der Waals surface area contributed by atoms with Crippen molar-refractivity contribution in [3.05, 3.63) is 35.1 Å². The van der Waals surface area contributed by atoms with E-state index in [0.29, 0.717) is 31.2 Å². The van der Waals surface area contributed by atoms with E-state index in [0.717, 1.165) is 5.56 Å². The Balaban J connectivity index is 1.82. The third kappa shape index (κ3) is 6.44. The number of rotatable bonds is 6. The van der Waals surface area contributed by atoms with Crippen LogP contribution in [0.15, 0.2) is 23.2 Å². The van der Waals surface area contributed by atoms with Gasteiger partial charge in [0.05, 0.1) is 18.0 Å². The highest BCUT2D eigenvalue weighted by Crippen LogP contribution is 2.14. The van der Waals surface area contributed by atoms with E-state index in [1.807, 2.05) is 13.8 Å². The predicted octanol–water partition coefficient (Wildman–Crippen LogP) is 1.24. The molecule has 0 radical (unpaired) electrons. The third-order valence-corrected chi connectivity index (χ3v) is 6.14. The van der Waals surface area contributed by atoms with Crippen molar-refractivity contribution in [2.45, 2.75) is 39.5 Å². The molecule has 2 rings (SSSR count). The van der Waals surface area contributed by atoms with Gasteiger partial charge in [0.2, 0.25) is 10.0 Å². The Morgan fingerprint density at radius 3 is 2.56 bits per heavy atom. The van der Waals surface area contributed by atoms with Crippen molar-refractivity contribution in [3.8, 4) is 0 Å². The summed E-state index contributed by atoms with van der Waals surface area (Å²) < 4.78 is 45.5. The molecule has 1 aliphatic heterocycles. The summed E-state index contributed by atoms with van der Waals surface area (Å²) in [5, 5.41) is 6.11. The molecule has 1 aromatic rings. The van der Waals surface area contributed by atoms with Crippen LogP contribution in [-0.4, -0.2) is 63.3 Å². The van der Waals surface area contributed by atoms with Crippen molar-refractivity contribution in [2.24, 2.45) is 4.99 Å². The Labute approximate surface area is 161 Å². The van der Waals surface area contributed by atoms with Crippen molar-refractivity contribution in [3.63, 3.8) is 0 Å². The maximum Gasteiger partial charge on any atom is 0.216 e. The minimum absolute atomic E-state index is 0.0250. The van der Waals surface area contributed by atoms with Crippen LogP contribution in [-0.2, 0) is 21.3 Å². The highest BCUT2D eigenvalue weighted by molar-refractivity contribution is 7.89.